The molecule has 2 N–H and O–H groups in total. The summed E-state index contributed by atoms with van der Waals surface area (Å²) < 4.78 is 26.0. The van der Waals surface area contributed by atoms with Crippen LogP contribution >= 0.6 is 0 Å². The second kappa shape index (κ2) is 10.9. The van der Waals surface area contributed by atoms with Crippen molar-refractivity contribution in [2.24, 2.45) is 0 Å². The number of hydrogen-bond acceptors (Lipinski definition) is 7. The Kier molecular flexibility index (Phi) is 7.24. The van der Waals surface area contributed by atoms with E-state index in [1.54, 1.807) is 25.4 Å². The third kappa shape index (κ3) is 5.45. The third-order valence-electron chi connectivity index (χ3n) is 6.48. The van der Waals surface area contributed by atoms with E-state index < -0.39 is 0 Å². The van der Waals surface area contributed by atoms with Gasteiger partial charge in [-0.1, -0.05) is 43.5 Å². The Balaban J connectivity index is 1.52. The highest BCUT2D eigenvalue weighted by atomic mass is 19.1. The lowest BCUT2D eigenvalue weighted by Gasteiger charge is -2.21. The van der Waals surface area contributed by atoms with E-state index in [1.165, 1.54) is 12.1 Å². The average Bonchev–Trinajstić information content (AvgIpc) is 3.33. The van der Waals surface area contributed by atoms with Crippen LogP contribution < -0.4 is 20.1 Å². The van der Waals surface area contributed by atoms with Crippen LogP contribution in [0.5, 0.6) is 11.5 Å². The molecular weight excluding hydrogens is 481 g/mol. The molecular formula is C30H30FN5O2. The Morgan fingerprint density at radius 1 is 1.13 bits per heavy atom. The smallest absolute Gasteiger partial charge is 0.227 e. The summed E-state index contributed by atoms with van der Waals surface area (Å²) in [4.78, 5) is 11.5. The van der Waals surface area contributed by atoms with Crippen molar-refractivity contribution in [3.05, 3.63) is 91.5 Å². The Morgan fingerprint density at radius 2 is 1.97 bits per heavy atom. The zero-order valence-corrected chi connectivity index (χ0v) is 21.5. The molecule has 7 nitrogen and oxygen atoms in total. The van der Waals surface area contributed by atoms with E-state index in [2.05, 4.69) is 40.7 Å². The molecule has 1 aliphatic rings. The maximum atomic E-state index is 13.9. The van der Waals surface area contributed by atoms with Gasteiger partial charge in [0, 0.05) is 42.0 Å². The van der Waals surface area contributed by atoms with Crippen LogP contribution in [-0.4, -0.2) is 48.2 Å². The van der Waals surface area contributed by atoms with Crippen molar-refractivity contribution >= 4 is 28.2 Å². The predicted molar refractivity (Wildman–Crippen MR) is 151 cm³/mol. The number of nitrogens with one attached hydrogen (secondary N) is 2. The van der Waals surface area contributed by atoms with Crippen LogP contribution in [0.15, 0.2) is 85.7 Å². The van der Waals surface area contributed by atoms with Gasteiger partial charge in [-0.3, -0.25) is 0 Å². The minimum atomic E-state index is -0.302. The zero-order chi connectivity index (χ0) is 26.6. The van der Waals surface area contributed by atoms with Gasteiger partial charge in [-0.05, 0) is 43.3 Å². The molecule has 0 radical (unpaired) electrons. The molecule has 194 valence electrons. The van der Waals surface area contributed by atoms with Gasteiger partial charge in [-0.2, -0.15) is 0 Å². The second-order valence-electron chi connectivity index (χ2n) is 9.27. The van der Waals surface area contributed by atoms with E-state index >= 15 is 0 Å². The Morgan fingerprint density at radius 3 is 2.71 bits per heavy atom. The van der Waals surface area contributed by atoms with E-state index in [0.29, 0.717) is 40.0 Å². The van der Waals surface area contributed by atoms with Crippen molar-refractivity contribution in [1.82, 2.24) is 14.9 Å². The molecule has 4 aromatic rings. The quantitative estimate of drug-likeness (QED) is 0.253. The highest BCUT2D eigenvalue weighted by Gasteiger charge is 2.23. The summed E-state index contributed by atoms with van der Waals surface area (Å²) in [5.41, 5.74) is 4.26. The predicted octanol–water partition coefficient (Wildman–Crippen LogP) is 6.38. The number of methoxy groups -OCH3 is 1. The van der Waals surface area contributed by atoms with Gasteiger partial charge in [0.15, 0.2) is 0 Å². The van der Waals surface area contributed by atoms with Gasteiger partial charge in [0.25, 0.3) is 0 Å². The topological polar surface area (TPSA) is 71.5 Å². The Labute approximate surface area is 221 Å². The Bertz CT molecular complexity index is 1510. The molecule has 1 aliphatic heterocycles. The van der Waals surface area contributed by atoms with Crippen molar-refractivity contribution in [3.8, 4) is 22.6 Å². The van der Waals surface area contributed by atoms with Gasteiger partial charge < -0.3 is 25.0 Å². The lowest BCUT2D eigenvalue weighted by molar-refractivity contribution is 0.208. The van der Waals surface area contributed by atoms with Gasteiger partial charge >= 0.3 is 0 Å². The monoisotopic (exact) mass is 511 g/mol. The molecule has 0 saturated carbocycles. The number of allylic oxidation sites excluding steroid dienone is 1. The number of para-hydroxylation sites is 1. The average molecular weight is 512 g/mol. The fraction of sp³-hybridized carbons (Fsp3) is 0.200. The molecule has 5 rings (SSSR count). The van der Waals surface area contributed by atoms with Crippen LogP contribution in [0.3, 0.4) is 0 Å². The molecule has 8 heteroatoms. The minimum Gasteiger partial charge on any atom is -0.494 e. The number of anilines is 3. The molecule has 1 aromatic heterocycles. The van der Waals surface area contributed by atoms with Crippen LogP contribution in [0.25, 0.3) is 22.0 Å². The number of hydrogen-bond donors (Lipinski definition) is 2. The number of likely N-dealkylation sites (N-methyl/N-ethyl adjacent to an activating group) is 1. The molecule has 1 unspecified atom stereocenters. The number of ether oxygens (including phenoxy) is 2. The molecule has 0 aliphatic carbocycles. The number of halogens is 1. The number of benzene rings is 3. The molecule has 1 atom stereocenters. The Hall–Kier alpha value is -4.43. The molecule has 0 bridgehead atoms. The SMILES string of the molecule is C=CC(=C)Nc1cc(Nc2ncc3cccc(-c4cccc(F)c4)c3n2)c(OC)cc1OC1CCN(C)C1. The molecule has 0 amide bonds. The maximum Gasteiger partial charge on any atom is 0.227 e. The second-order valence-corrected chi connectivity index (χ2v) is 9.27. The summed E-state index contributed by atoms with van der Waals surface area (Å²) in [6, 6.07) is 16.0. The number of nitrogens with zero attached hydrogens (tertiary/aromatic N) is 3. The first-order chi connectivity index (χ1) is 18.4. The summed E-state index contributed by atoms with van der Waals surface area (Å²) in [6.45, 7) is 9.63. The van der Waals surface area contributed by atoms with E-state index in [0.717, 1.165) is 36.0 Å². The van der Waals surface area contributed by atoms with Gasteiger partial charge in [0.05, 0.1) is 24.0 Å². The fourth-order valence-corrected chi connectivity index (χ4v) is 4.54. The first-order valence-corrected chi connectivity index (χ1v) is 12.4. The minimum absolute atomic E-state index is 0.0751. The first kappa shape index (κ1) is 25.2. The first-order valence-electron chi connectivity index (χ1n) is 12.4. The normalized spacial score (nSPS) is 15.3. The van der Waals surface area contributed by atoms with E-state index in [1.807, 2.05) is 36.4 Å². The summed E-state index contributed by atoms with van der Waals surface area (Å²) in [7, 11) is 3.69. The summed E-state index contributed by atoms with van der Waals surface area (Å²) >= 11 is 0. The standard InChI is InChI=1S/C30H30FN5O2/c1-5-19(2)33-26-15-25(27(37-4)16-28(26)38-23-12-13-36(3)18-23)34-30-32-17-21-9-7-11-24(29(21)35-30)20-8-6-10-22(31)14-20/h5-11,14-17,23,33H,1-2,12-13,18H2,3-4H3,(H,32,34,35). The van der Waals surface area contributed by atoms with Gasteiger partial charge in [-0.15, -0.1) is 0 Å². The van der Waals surface area contributed by atoms with Crippen molar-refractivity contribution in [2.45, 2.75) is 12.5 Å². The zero-order valence-electron chi connectivity index (χ0n) is 21.5. The number of aromatic nitrogens is 2. The van der Waals surface area contributed by atoms with E-state index in [9.17, 15) is 4.39 Å². The number of likely N-dealkylation sites (tertiary alicyclic amines) is 1. The van der Waals surface area contributed by atoms with Crippen molar-refractivity contribution in [2.75, 3.05) is 37.9 Å². The van der Waals surface area contributed by atoms with Crippen molar-refractivity contribution in [3.63, 3.8) is 0 Å². The van der Waals surface area contributed by atoms with Crippen LogP contribution in [0, 0.1) is 5.82 Å². The van der Waals surface area contributed by atoms with Crippen LogP contribution in [-0.2, 0) is 0 Å². The van der Waals surface area contributed by atoms with Gasteiger partial charge in [-0.25, -0.2) is 14.4 Å². The lowest BCUT2D eigenvalue weighted by Crippen LogP contribution is -2.22. The molecule has 38 heavy (non-hydrogen) atoms. The molecule has 2 heterocycles. The highest BCUT2D eigenvalue weighted by Crippen LogP contribution is 2.39. The van der Waals surface area contributed by atoms with Crippen molar-refractivity contribution < 1.29 is 13.9 Å². The van der Waals surface area contributed by atoms with E-state index in [-0.39, 0.29) is 11.9 Å². The third-order valence-corrected chi connectivity index (χ3v) is 6.48. The van der Waals surface area contributed by atoms with E-state index in [4.69, 9.17) is 14.5 Å². The number of fused-ring (bicyclic) bond motifs is 1. The van der Waals surface area contributed by atoms with Crippen LogP contribution in [0.1, 0.15) is 6.42 Å². The molecule has 1 fully saturated rings. The number of rotatable bonds is 9. The molecule has 0 spiro atoms. The highest BCUT2D eigenvalue weighted by molar-refractivity contribution is 5.94. The lowest BCUT2D eigenvalue weighted by atomic mass is 10.0. The maximum absolute atomic E-state index is 13.9. The summed E-state index contributed by atoms with van der Waals surface area (Å²) in [6.07, 6.45) is 4.41. The molecule has 3 aromatic carbocycles. The van der Waals surface area contributed by atoms with Gasteiger partial charge in [0.2, 0.25) is 5.95 Å². The fourth-order valence-electron chi connectivity index (χ4n) is 4.54. The largest absolute Gasteiger partial charge is 0.494 e. The molecule has 1 saturated heterocycles. The van der Waals surface area contributed by atoms with Crippen LogP contribution in [0.4, 0.5) is 21.7 Å². The van der Waals surface area contributed by atoms with Crippen LogP contribution in [0.2, 0.25) is 0 Å². The summed E-state index contributed by atoms with van der Waals surface area (Å²) in [5.74, 6) is 1.30. The summed E-state index contributed by atoms with van der Waals surface area (Å²) in [5, 5.41) is 7.40. The van der Waals surface area contributed by atoms with Crippen molar-refractivity contribution in [1.29, 1.82) is 0 Å². The van der Waals surface area contributed by atoms with Gasteiger partial charge in [0.1, 0.15) is 23.4 Å².